The topological polar surface area (TPSA) is 21.3 Å². The van der Waals surface area contributed by atoms with Gasteiger partial charge in [0, 0.05) is 5.02 Å². The molecule has 1 unspecified atom stereocenters. The third-order valence-corrected chi connectivity index (χ3v) is 4.10. The number of hydrogen-bond acceptors (Lipinski definition) is 2. The Morgan fingerprint density at radius 3 is 2.14 bits per heavy atom. The molecule has 2 nitrogen and oxygen atoms in total. The summed E-state index contributed by atoms with van der Waals surface area (Å²) in [5, 5.41) is 4.16. The van der Waals surface area contributed by atoms with Gasteiger partial charge >= 0.3 is 0 Å². The molecule has 0 bridgehead atoms. The molecule has 0 spiro atoms. The van der Waals surface area contributed by atoms with Crippen LogP contribution < -0.4 is 10.1 Å². The molecule has 0 saturated heterocycles. The minimum absolute atomic E-state index is 0.118. The molecule has 1 N–H and O–H groups in total. The molecular weight excluding hydrogens is 282 g/mol. The highest BCUT2D eigenvalue weighted by Gasteiger charge is 2.17. The number of methoxy groups -OCH3 is 1. The van der Waals surface area contributed by atoms with Gasteiger partial charge in [-0.15, -0.1) is 0 Å². The molecule has 1 atom stereocenters. The van der Waals surface area contributed by atoms with Crippen molar-refractivity contribution in [2.75, 3.05) is 14.2 Å². The Labute approximate surface area is 132 Å². The maximum atomic E-state index is 6.17. The Hall–Kier alpha value is -1.51. The summed E-state index contributed by atoms with van der Waals surface area (Å²) in [6.45, 7) is 6.26. The molecule has 0 radical (unpaired) electrons. The summed E-state index contributed by atoms with van der Waals surface area (Å²) < 4.78 is 5.45. The van der Waals surface area contributed by atoms with Crippen molar-refractivity contribution in [1.82, 2.24) is 5.32 Å². The van der Waals surface area contributed by atoms with Crippen LogP contribution in [-0.4, -0.2) is 14.2 Å². The van der Waals surface area contributed by atoms with Crippen LogP contribution in [0.25, 0.3) is 0 Å². The van der Waals surface area contributed by atoms with Gasteiger partial charge in [-0.05, 0) is 67.8 Å². The van der Waals surface area contributed by atoms with Gasteiger partial charge in [0.2, 0.25) is 0 Å². The molecule has 2 aromatic carbocycles. The molecule has 112 valence electrons. The van der Waals surface area contributed by atoms with E-state index in [0.29, 0.717) is 0 Å². The second-order valence-corrected chi connectivity index (χ2v) is 5.85. The van der Waals surface area contributed by atoms with Crippen molar-refractivity contribution in [3.63, 3.8) is 0 Å². The molecule has 0 amide bonds. The first-order chi connectivity index (χ1) is 9.97. The van der Waals surface area contributed by atoms with Crippen LogP contribution in [0.5, 0.6) is 5.75 Å². The van der Waals surface area contributed by atoms with E-state index in [-0.39, 0.29) is 6.04 Å². The van der Waals surface area contributed by atoms with Crippen LogP contribution in [-0.2, 0) is 0 Å². The lowest BCUT2D eigenvalue weighted by Gasteiger charge is -2.22. The van der Waals surface area contributed by atoms with Gasteiger partial charge in [-0.1, -0.05) is 29.8 Å². The molecule has 0 saturated carbocycles. The van der Waals surface area contributed by atoms with Crippen LogP contribution in [0, 0.1) is 20.8 Å². The summed E-state index contributed by atoms with van der Waals surface area (Å²) in [4.78, 5) is 0. The summed E-state index contributed by atoms with van der Waals surface area (Å²) >= 11 is 6.17. The van der Waals surface area contributed by atoms with Crippen LogP contribution >= 0.6 is 11.6 Å². The summed E-state index contributed by atoms with van der Waals surface area (Å²) in [6, 6.07) is 10.5. The number of rotatable bonds is 4. The first-order valence-corrected chi connectivity index (χ1v) is 7.44. The van der Waals surface area contributed by atoms with Crippen molar-refractivity contribution in [3.05, 3.63) is 63.2 Å². The second-order valence-electron chi connectivity index (χ2n) is 5.41. The predicted octanol–water partition coefficient (Wildman–Crippen LogP) is 4.58. The Morgan fingerprint density at radius 2 is 1.62 bits per heavy atom. The number of ether oxygens (including phenoxy) is 1. The Morgan fingerprint density at radius 1 is 1.00 bits per heavy atom. The molecule has 3 heteroatoms. The van der Waals surface area contributed by atoms with Gasteiger partial charge in [-0.25, -0.2) is 0 Å². The summed E-state index contributed by atoms with van der Waals surface area (Å²) in [5.74, 6) is 0.955. The average Bonchev–Trinajstić information content (AvgIpc) is 2.43. The van der Waals surface area contributed by atoms with Crippen molar-refractivity contribution in [1.29, 1.82) is 0 Å². The fourth-order valence-electron chi connectivity index (χ4n) is 2.90. The SMILES string of the molecule is CNC(c1cc(C)c(OC)c(C)c1)c1cc(Cl)ccc1C. The maximum absolute atomic E-state index is 6.17. The Balaban J connectivity index is 2.54. The van der Waals surface area contributed by atoms with E-state index >= 15 is 0 Å². The largest absolute Gasteiger partial charge is 0.496 e. The van der Waals surface area contributed by atoms with Crippen LogP contribution in [0.2, 0.25) is 5.02 Å². The molecule has 0 aliphatic carbocycles. The van der Waals surface area contributed by atoms with Crippen molar-refractivity contribution in [3.8, 4) is 5.75 Å². The Kier molecular flexibility index (Phi) is 4.92. The quantitative estimate of drug-likeness (QED) is 0.892. The molecule has 2 rings (SSSR count). The normalized spacial score (nSPS) is 12.3. The number of aryl methyl sites for hydroxylation is 3. The van der Waals surface area contributed by atoms with Crippen molar-refractivity contribution in [2.45, 2.75) is 26.8 Å². The summed E-state index contributed by atoms with van der Waals surface area (Å²) in [6.07, 6.45) is 0. The summed E-state index contributed by atoms with van der Waals surface area (Å²) in [7, 11) is 3.69. The van der Waals surface area contributed by atoms with Gasteiger partial charge < -0.3 is 10.1 Å². The van der Waals surface area contributed by atoms with E-state index < -0.39 is 0 Å². The molecule has 0 aromatic heterocycles. The molecule has 21 heavy (non-hydrogen) atoms. The number of halogens is 1. The Bertz CT molecular complexity index is 629. The lowest BCUT2D eigenvalue weighted by atomic mass is 9.92. The molecular formula is C18H22ClNO. The zero-order valence-electron chi connectivity index (χ0n) is 13.3. The number of nitrogens with one attached hydrogen (secondary N) is 1. The van der Waals surface area contributed by atoms with Gasteiger partial charge in [0.25, 0.3) is 0 Å². The molecule has 0 aliphatic heterocycles. The first kappa shape index (κ1) is 15.9. The van der Waals surface area contributed by atoms with Gasteiger partial charge in [-0.2, -0.15) is 0 Å². The minimum atomic E-state index is 0.118. The van der Waals surface area contributed by atoms with E-state index in [1.807, 2.05) is 19.2 Å². The summed E-state index contributed by atoms with van der Waals surface area (Å²) in [5.41, 5.74) is 5.94. The molecule has 0 aliphatic rings. The second kappa shape index (κ2) is 6.50. The lowest BCUT2D eigenvalue weighted by molar-refractivity contribution is 0.408. The highest BCUT2D eigenvalue weighted by Crippen LogP contribution is 2.32. The van der Waals surface area contributed by atoms with Gasteiger partial charge in [0.05, 0.1) is 13.2 Å². The van der Waals surface area contributed by atoms with Gasteiger partial charge in [0.1, 0.15) is 5.75 Å². The maximum Gasteiger partial charge on any atom is 0.124 e. The van der Waals surface area contributed by atoms with E-state index in [4.69, 9.17) is 16.3 Å². The van der Waals surface area contributed by atoms with Crippen LogP contribution in [0.4, 0.5) is 0 Å². The number of hydrogen-bond donors (Lipinski definition) is 1. The highest BCUT2D eigenvalue weighted by molar-refractivity contribution is 6.30. The average molecular weight is 304 g/mol. The van der Waals surface area contributed by atoms with E-state index in [0.717, 1.165) is 21.9 Å². The van der Waals surface area contributed by atoms with Crippen molar-refractivity contribution >= 4 is 11.6 Å². The third kappa shape index (κ3) is 3.22. The van der Waals surface area contributed by atoms with Crippen molar-refractivity contribution < 1.29 is 4.74 Å². The molecule has 0 fully saturated rings. The standard InChI is InChI=1S/C18H22ClNO/c1-11-6-7-15(19)10-16(11)17(20-4)14-8-12(2)18(21-5)13(3)9-14/h6-10,17,20H,1-5H3. The van der Waals surface area contributed by atoms with Crippen molar-refractivity contribution in [2.24, 2.45) is 0 Å². The zero-order chi connectivity index (χ0) is 15.6. The van der Waals surface area contributed by atoms with Gasteiger partial charge in [-0.3, -0.25) is 0 Å². The van der Waals surface area contributed by atoms with Gasteiger partial charge in [0.15, 0.2) is 0 Å². The highest BCUT2D eigenvalue weighted by atomic mass is 35.5. The van der Waals surface area contributed by atoms with Crippen LogP contribution in [0.1, 0.15) is 33.9 Å². The van der Waals surface area contributed by atoms with E-state index in [1.54, 1.807) is 7.11 Å². The number of benzene rings is 2. The zero-order valence-corrected chi connectivity index (χ0v) is 14.0. The molecule has 0 heterocycles. The predicted molar refractivity (Wildman–Crippen MR) is 89.6 cm³/mol. The van der Waals surface area contributed by atoms with E-state index in [2.05, 4.69) is 44.3 Å². The van der Waals surface area contributed by atoms with Crippen LogP contribution in [0.3, 0.4) is 0 Å². The molecule has 2 aromatic rings. The monoisotopic (exact) mass is 303 g/mol. The lowest BCUT2D eigenvalue weighted by Crippen LogP contribution is -2.19. The first-order valence-electron chi connectivity index (χ1n) is 7.06. The smallest absolute Gasteiger partial charge is 0.124 e. The van der Waals surface area contributed by atoms with E-state index in [9.17, 15) is 0 Å². The fraction of sp³-hybridized carbons (Fsp3) is 0.333. The third-order valence-electron chi connectivity index (χ3n) is 3.86. The fourth-order valence-corrected chi connectivity index (χ4v) is 3.08. The minimum Gasteiger partial charge on any atom is -0.496 e. The van der Waals surface area contributed by atoms with E-state index in [1.165, 1.54) is 16.7 Å². The van der Waals surface area contributed by atoms with Crippen LogP contribution in [0.15, 0.2) is 30.3 Å².